The Bertz CT molecular complexity index is 442. The summed E-state index contributed by atoms with van der Waals surface area (Å²) in [7, 11) is 0. The third kappa shape index (κ3) is 3.89. The third-order valence-corrected chi connectivity index (χ3v) is 4.76. The van der Waals surface area contributed by atoms with E-state index in [1.807, 2.05) is 0 Å². The van der Waals surface area contributed by atoms with Crippen LogP contribution in [0.2, 0.25) is 0 Å². The number of nitrogens with one attached hydrogen (secondary N) is 1. The van der Waals surface area contributed by atoms with Gasteiger partial charge >= 0.3 is 0 Å². The van der Waals surface area contributed by atoms with Gasteiger partial charge in [-0.05, 0) is 53.2 Å². The smallest absolute Gasteiger partial charge is 0.144 e. The van der Waals surface area contributed by atoms with Gasteiger partial charge in [-0.3, -0.25) is 0 Å². The molecule has 1 aliphatic carbocycles. The van der Waals surface area contributed by atoms with Gasteiger partial charge in [-0.2, -0.15) is 0 Å². The van der Waals surface area contributed by atoms with E-state index in [1.165, 1.54) is 12.1 Å². The van der Waals surface area contributed by atoms with Crippen molar-refractivity contribution >= 4 is 27.5 Å². The summed E-state index contributed by atoms with van der Waals surface area (Å²) >= 11 is 8.96. The molecule has 0 aromatic heterocycles. The molecule has 1 aromatic rings. The van der Waals surface area contributed by atoms with Crippen LogP contribution in [0.5, 0.6) is 0 Å². The molecule has 0 bridgehead atoms. The number of halogens is 4. The molecule has 0 aliphatic heterocycles. The van der Waals surface area contributed by atoms with E-state index in [0.29, 0.717) is 22.3 Å². The summed E-state index contributed by atoms with van der Waals surface area (Å²) in [5, 5.41) is 3.25. The van der Waals surface area contributed by atoms with E-state index < -0.39 is 11.6 Å². The fraction of sp³-hybridized carbons (Fsp3) is 0.571. The van der Waals surface area contributed by atoms with Gasteiger partial charge in [0, 0.05) is 24.0 Å². The fourth-order valence-electron chi connectivity index (χ4n) is 2.59. The van der Waals surface area contributed by atoms with Gasteiger partial charge in [-0.15, -0.1) is 11.6 Å². The lowest BCUT2D eigenvalue weighted by atomic mass is 9.87. The molecule has 1 aliphatic rings. The van der Waals surface area contributed by atoms with Crippen LogP contribution in [0.3, 0.4) is 0 Å². The van der Waals surface area contributed by atoms with Crippen LogP contribution in [0.15, 0.2) is 16.6 Å². The first-order valence-electron chi connectivity index (χ1n) is 6.53. The lowest BCUT2D eigenvalue weighted by Crippen LogP contribution is -2.34. The number of hydrogen-bond donors (Lipinski definition) is 1. The summed E-state index contributed by atoms with van der Waals surface area (Å²) < 4.78 is 27.7. The molecule has 1 nitrogen and oxygen atoms in total. The third-order valence-electron chi connectivity index (χ3n) is 3.71. The fourth-order valence-corrected chi connectivity index (χ4v) is 3.25. The molecule has 0 radical (unpaired) electrons. The van der Waals surface area contributed by atoms with Crippen LogP contribution in [0.4, 0.5) is 8.78 Å². The summed E-state index contributed by atoms with van der Waals surface area (Å²) in [5.74, 6) is 0.165. The molecule has 0 amide bonds. The van der Waals surface area contributed by atoms with Crippen LogP contribution in [-0.2, 0) is 6.54 Å². The highest BCUT2D eigenvalue weighted by molar-refractivity contribution is 9.10. The highest BCUT2D eigenvalue weighted by Crippen LogP contribution is 2.26. The minimum Gasteiger partial charge on any atom is -0.310 e. The lowest BCUT2D eigenvalue weighted by Gasteiger charge is -2.28. The van der Waals surface area contributed by atoms with Gasteiger partial charge in [0.05, 0.1) is 4.47 Å². The Hall–Kier alpha value is -0.190. The van der Waals surface area contributed by atoms with Gasteiger partial charge in [0.2, 0.25) is 0 Å². The summed E-state index contributed by atoms with van der Waals surface area (Å²) in [6.07, 6.45) is 4.31. The molecule has 19 heavy (non-hydrogen) atoms. The molecule has 0 saturated heterocycles. The Labute approximate surface area is 125 Å². The predicted octanol–water partition coefficient (Wildman–Crippen LogP) is 4.61. The van der Waals surface area contributed by atoms with E-state index in [4.69, 9.17) is 11.6 Å². The van der Waals surface area contributed by atoms with Crippen molar-refractivity contribution in [2.45, 2.75) is 38.3 Å². The maximum absolute atomic E-state index is 13.8. The molecule has 2 unspecified atom stereocenters. The van der Waals surface area contributed by atoms with Crippen molar-refractivity contribution in [1.82, 2.24) is 5.32 Å². The molecular formula is C14H17BrClF2N. The van der Waals surface area contributed by atoms with Gasteiger partial charge in [0.15, 0.2) is 0 Å². The Morgan fingerprint density at radius 2 is 2.11 bits per heavy atom. The molecule has 2 atom stereocenters. The second-order valence-corrected chi connectivity index (χ2v) is 6.25. The summed E-state index contributed by atoms with van der Waals surface area (Å²) in [4.78, 5) is 0. The van der Waals surface area contributed by atoms with Gasteiger partial charge in [0.25, 0.3) is 0 Å². The minimum absolute atomic E-state index is 0.0994. The van der Waals surface area contributed by atoms with E-state index in [0.717, 1.165) is 25.7 Å². The molecule has 1 aromatic carbocycles. The van der Waals surface area contributed by atoms with Gasteiger partial charge < -0.3 is 5.32 Å². The Morgan fingerprint density at radius 1 is 1.32 bits per heavy atom. The number of benzene rings is 1. The van der Waals surface area contributed by atoms with Crippen molar-refractivity contribution in [3.05, 3.63) is 33.8 Å². The maximum Gasteiger partial charge on any atom is 0.144 e. The zero-order chi connectivity index (χ0) is 13.8. The van der Waals surface area contributed by atoms with E-state index in [2.05, 4.69) is 21.2 Å². The predicted molar refractivity (Wildman–Crippen MR) is 77.4 cm³/mol. The summed E-state index contributed by atoms with van der Waals surface area (Å²) in [6, 6.07) is 2.97. The van der Waals surface area contributed by atoms with Crippen molar-refractivity contribution < 1.29 is 8.78 Å². The molecule has 106 valence electrons. The summed E-state index contributed by atoms with van der Waals surface area (Å²) in [5.41, 5.74) is 0.0994. The van der Waals surface area contributed by atoms with Gasteiger partial charge in [0.1, 0.15) is 11.6 Å². The maximum atomic E-state index is 13.8. The van der Waals surface area contributed by atoms with Crippen LogP contribution < -0.4 is 5.32 Å². The van der Waals surface area contributed by atoms with E-state index in [-0.39, 0.29) is 12.1 Å². The Kier molecular flexibility index (Phi) is 5.60. The van der Waals surface area contributed by atoms with Crippen LogP contribution in [0, 0.1) is 17.6 Å². The molecule has 5 heteroatoms. The van der Waals surface area contributed by atoms with E-state index in [1.54, 1.807) is 0 Å². The highest BCUT2D eigenvalue weighted by Gasteiger charge is 2.22. The van der Waals surface area contributed by atoms with Crippen LogP contribution in [0.25, 0.3) is 0 Å². The van der Waals surface area contributed by atoms with Crippen molar-refractivity contribution in [1.29, 1.82) is 0 Å². The molecular weight excluding hydrogens is 336 g/mol. The van der Waals surface area contributed by atoms with Crippen molar-refractivity contribution in [3.63, 3.8) is 0 Å². The zero-order valence-corrected chi connectivity index (χ0v) is 12.9. The average Bonchev–Trinajstić information content (AvgIpc) is 2.43. The molecule has 2 rings (SSSR count). The molecule has 1 saturated carbocycles. The normalized spacial score (nSPS) is 23.6. The standard InChI is InChI=1S/C14H17BrClF2N/c15-12-4-5-13(17)11(14(12)18)8-19-10-3-1-2-9(6-10)7-16/h4-5,9-10,19H,1-3,6-8H2. The van der Waals surface area contributed by atoms with Crippen molar-refractivity contribution in [3.8, 4) is 0 Å². The van der Waals surface area contributed by atoms with Crippen molar-refractivity contribution in [2.24, 2.45) is 5.92 Å². The first-order chi connectivity index (χ1) is 9.11. The summed E-state index contributed by atoms with van der Waals surface area (Å²) in [6.45, 7) is 0.219. The van der Waals surface area contributed by atoms with Crippen LogP contribution in [0.1, 0.15) is 31.2 Å². The quantitative estimate of drug-likeness (QED) is 0.616. The SMILES string of the molecule is Fc1ccc(Br)c(F)c1CNC1CCCC(CCl)C1. The largest absolute Gasteiger partial charge is 0.310 e. The van der Waals surface area contributed by atoms with Crippen molar-refractivity contribution in [2.75, 3.05) is 5.88 Å². The first kappa shape index (κ1) is 15.2. The second-order valence-electron chi connectivity index (χ2n) is 5.09. The van der Waals surface area contributed by atoms with Gasteiger partial charge in [-0.25, -0.2) is 8.78 Å². The molecule has 1 fully saturated rings. The number of alkyl halides is 1. The Morgan fingerprint density at radius 3 is 2.84 bits per heavy atom. The van der Waals surface area contributed by atoms with Crippen LogP contribution in [-0.4, -0.2) is 11.9 Å². The lowest BCUT2D eigenvalue weighted by molar-refractivity contribution is 0.301. The minimum atomic E-state index is -0.516. The average molecular weight is 353 g/mol. The zero-order valence-electron chi connectivity index (χ0n) is 10.6. The molecule has 0 spiro atoms. The molecule has 0 heterocycles. The topological polar surface area (TPSA) is 12.0 Å². The highest BCUT2D eigenvalue weighted by atomic mass is 79.9. The number of hydrogen-bond acceptors (Lipinski definition) is 1. The van der Waals surface area contributed by atoms with E-state index in [9.17, 15) is 8.78 Å². The monoisotopic (exact) mass is 351 g/mol. The molecule has 1 N–H and O–H groups in total. The van der Waals surface area contributed by atoms with Crippen LogP contribution >= 0.6 is 27.5 Å². The Balaban J connectivity index is 1.97. The first-order valence-corrected chi connectivity index (χ1v) is 7.86. The van der Waals surface area contributed by atoms with E-state index >= 15 is 0 Å². The van der Waals surface area contributed by atoms with Gasteiger partial charge in [-0.1, -0.05) is 6.42 Å². The second kappa shape index (κ2) is 7.00. The number of rotatable bonds is 4.